The van der Waals surface area contributed by atoms with Gasteiger partial charge in [0, 0.05) is 0 Å². The maximum Gasteiger partial charge on any atom is 0.419 e. The third-order valence-corrected chi connectivity index (χ3v) is 5.22. The number of fused-ring (bicyclic) bond motifs is 1. The quantitative estimate of drug-likeness (QED) is 0.778. The van der Waals surface area contributed by atoms with Gasteiger partial charge in [-0.25, -0.2) is 9.69 Å². The number of benzene rings is 1. The fourth-order valence-electron chi connectivity index (χ4n) is 3.92. The molecule has 1 aromatic carbocycles. The van der Waals surface area contributed by atoms with Crippen molar-refractivity contribution in [3.05, 3.63) is 23.8 Å². The van der Waals surface area contributed by atoms with Gasteiger partial charge in [-0.05, 0) is 26.0 Å². The van der Waals surface area contributed by atoms with Gasteiger partial charge in [-0.15, -0.1) is 0 Å². The van der Waals surface area contributed by atoms with Gasteiger partial charge < -0.3 is 33.5 Å². The topological polar surface area (TPSA) is 113 Å². The molecule has 1 spiro atoms. The third kappa shape index (κ3) is 3.12. The fourth-order valence-corrected chi connectivity index (χ4v) is 3.92. The summed E-state index contributed by atoms with van der Waals surface area (Å²) in [5, 5.41) is 10.9. The summed E-state index contributed by atoms with van der Waals surface area (Å²) in [6.07, 6.45) is -3.56. The van der Waals surface area contributed by atoms with Crippen molar-refractivity contribution in [2.75, 3.05) is 27.4 Å². The summed E-state index contributed by atoms with van der Waals surface area (Å²) in [5.41, 5.74) is 0.0660. The van der Waals surface area contributed by atoms with Gasteiger partial charge >= 0.3 is 6.09 Å². The minimum atomic E-state index is -1.74. The predicted octanol–water partition coefficient (Wildman–Crippen LogP) is 0.904. The van der Waals surface area contributed by atoms with Crippen molar-refractivity contribution in [2.45, 2.75) is 43.7 Å². The van der Waals surface area contributed by atoms with Gasteiger partial charge in [0.1, 0.15) is 35.8 Å². The number of hydrogen-bond acceptors (Lipinski definition) is 9. The van der Waals surface area contributed by atoms with Gasteiger partial charge in [0.15, 0.2) is 11.9 Å². The lowest BCUT2D eigenvalue weighted by atomic mass is 9.96. The molecule has 10 heteroatoms. The molecular formula is C19H23NO9. The third-order valence-electron chi connectivity index (χ3n) is 5.22. The van der Waals surface area contributed by atoms with E-state index in [4.69, 9.17) is 28.4 Å². The molecule has 1 N–H and O–H groups in total. The molecule has 158 valence electrons. The van der Waals surface area contributed by atoms with E-state index in [1.807, 2.05) is 0 Å². The van der Waals surface area contributed by atoms with Crippen LogP contribution in [0.1, 0.15) is 24.2 Å². The SMILES string of the molecule is COc1cccc(OC)c1C(=O)N1C[C@]2(OC[C@H]3OC(C)(C)O[C@H]3[C@@H]2O)OC1=O. The van der Waals surface area contributed by atoms with Gasteiger partial charge in [0.25, 0.3) is 11.7 Å². The number of amides is 2. The minimum absolute atomic E-state index is 0.0401. The molecule has 3 heterocycles. The number of imide groups is 1. The van der Waals surface area contributed by atoms with Crippen molar-refractivity contribution in [3.8, 4) is 11.5 Å². The van der Waals surface area contributed by atoms with Crippen LogP contribution in [0.5, 0.6) is 11.5 Å². The van der Waals surface area contributed by atoms with Crippen molar-refractivity contribution >= 4 is 12.0 Å². The summed E-state index contributed by atoms with van der Waals surface area (Å²) in [6.45, 7) is 3.16. The van der Waals surface area contributed by atoms with Gasteiger partial charge in [-0.2, -0.15) is 0 Å². The Labute approximate surface area is 167 Å². The lowest BCUT2D eigenvalue weighted by Crippen LogP contribution is -2.62. The van der Waals surface area contributed by atoms with Crippen LogP contribution >= 0.6 is 0 Å². The number of rotatable bonds is 3. The van der Waals surface area contributed by atoms with Gasteiger partial charge in [0.05, 0.1) is 20.8 Å². The van der Waals surface area contributed by atoms with Crippen molar-refractivity contribution in [3.63, 3.8) is 0 Å². The highest BCUT2D eigenvalue weighted by atomic mass is 16.8. The van der Waals surface area contributed by atoms with Gasteiger partial charge in [-0.1, -0.05) is 6.07 Å². The van der Waals surface area contributed by atoms with Crippen LogP contribution in [0.25, 0.3) is 0 Å². The first kappa shape index (κ1) is 19.9. The number of nitrogens with zero attached hydrogens (tertiary/aromatic N) is 1. The van der Waals surface area contributed by atoms with E-state index in [2.05, 4.69) is 0 Å². The lowest BCUT2D eigenvalue weighted by molar-refractivity contribution is -0.287. The second-order valence-electron chi connectivity index (χ2n) is 7.50. The molecule has 0 saturated carbocycles. The molecule has 3 fully saturated rings. The number of aliphatic hydroxyl groups is 1. The molecule has 4 atom stereocenters. The maximum atomic E-state index is 13.2. The van der Waals surface area contributed by atoms with Crippen LogP contribution in [0.4, 0.5) is 4.79 Å². The first-order valence-corrected chi connectivity index (χ1v) is 9.15. The smallest absolute Gasteiger partial charge is 0.419 e. The van der Waals surface area contributed by atoms with Crippen LogP contribution in [0.3, 0.4) is 0 Å². The summed E-state index contributed by atoms with van der Waals surface area (Å²) in [7, 11) is 2.81. The molecule has 3 aliphatic rings. The molecule has 0 aromatic heterocycles. The molecule has 4 rings (SSSR count). The highest BCUT2D eigenvalue weighted by Gasteiger charge is 2.63. The first-order valence-electron chi connectivity index (χ1n) is 9.15. The summed E-state index contributed by atoms with van der Waals surface area (Å²) < 4.78 is 33.0. The first-order chi connectivity index (χ1) is 13.7. The maximum absolute atomic E-state index is 13.2. The molecule has 3 aliphatic heterocycles. The van der Waals surface area contributed by atoms with Crippen LogP contribution in [-0.4, -0.2) is 79.3 Å². The number of ether oxygens (including phenoxy) is 6. The number of methoxy groups -OCH3 is 2. The summed E-state index contributed by atoms with van der Waals surface area (Å²) in [6, 6.07) is 4.82. The Morgan fingerprint density at radius 2 is 1.86 bits per heavy atom. The molecule has 0 radical (unpaired) electrons. The summed E-state index contributed by atoms with van der Waals surface area (Å²) in [4.78, 5) is 26.6. The Hall–Kier alpha value is -2.40. The highest BCUT2D eigenvalue weighted by molar-refractivity contribution is 6.07. The van der Waals surface area contributed by atoms with E-state index in [0.29, 0.717) is 0 Å². The summed E-state index contributed by atoms with van der Waals surface area (Å²) >= 11 is 0. The average Bonchev–Trinajstić information content (AvgIpc) is 3.20. The van der Waals surface area contributed by atoms with E-state index < -0.39 is 41.9 Å². The van der Waals surface area contributed by atoms with E-state index in [0.717, 1.165) is 4.90 Å². The number of carbonyl (C=O) groups is 2. The highest BCUT2D eigenvalue weighted by Crippen LogP contribution is 2.42. The van der Waals surface area contributed by atoms with E-state index in [1.54, 1.807) is 32.0 Å². The normalized spacial score (nSPS) is 32.8. The zero-order valence-corrected chi connectivity index (χ0v) is 16.5. The number of carbonyl (C=O) groups excluding carboxylic acids is 2. The Kier molecular flexibility index (Phi) is 4.69. The zero-order chi connectivity index (χ0) is 21.0. The number of hydrogen-bond donors (Lipinski definition) is 1. The molecule has 3 saturated heterocycles. The Morgan fingerprint density at radius 1 is 1.21 bits per heavy atom. The van der Waals surface area contributed by atoms with Crippen molar-refractivity contribution < 1.29 is 43.1 Å². The second kappa shape index (κ2) is 6.84. The second-order valence-corrected chi connectivity index (χ2v) is 7.50. The van der Waals surface area contributed by atoms with Crippen molar-refractivity contribution in [1.29, 1.82) is 0 Å². The summed E-state index contributed by atoms with van der Waals surface area (Å²) in [5.74, 6) is -2.87. The van der Waals surface area contributed by atoms with Crippen molar-refractivity contribution in [1.82, 2.24) is 4.90 Å². The minimum Gasteiger partial charge on any atom is -0.496 e. The zero-order valence-electron chi connectivity index (χ0n) is 16.5. The van der Waals surface area contributed by atoms with Gasteiger partial charge in [0.2, 0.25) is 0 Å². The molecule has 0 aliphatic carbocycles. The van der Waals surface area contributed by atoms with E-state index in [9.17, 15) is 14.7 Å². The van der Waals surface area contributed by atoms with E-state index in [-0.39, 0.29) is 30.2 Å². The van der Waals surface area contributed by atoms with Crippen molar-refractivity contribution in [2.24, 2.45) is 0 Å². The van der Waals surface area contributed by atoms with E-state index >= 15 is 0 Å². The largest absolute Gasteiger partial charge is 0.496 e. The lowest BCUT2D eigenvalue weighted by Gasteiger charge is -2.40. The molecule has 0 bridgehead atoms. The average molecular weight is 409 g/mol. The number of aliphatic hydroxyl groups excluding tert-OH is 1. The van der Waals surface area contributed by atoms with Crippen LogP contribution in [0.2, 0.25) is 0 Å². The van der Waals surface area contributed by atoms with Crippen LogP contribution < -0.4 is 9.47 Å². The van der Waals surface area contributed by atoms with Crippen LogP contribution in [0, 0.1) is 0 Å². The Balaban J connectivity index is 1.61. The molecule has 10 nitrogen and oxygen atoms in total. The molecule has 29 heavy (non-hydrogen) atoms. The Bertz CT molecular complexity index is 819. The standard InChI is InChI=1S/C19H23NO9/c1-18(2)27-12-8-26-19(15(21)14(12)28-18)9-20(17(23)29-19)16(22)13-10(24-3)6-5-7-11(13)25-4/h5-7,12,14-15,21H,8-9H2,1-4H3/t12-,14-,15+,19+/m1/s1. The molecular weight excluding hydrogens is 386 g/mol. The molecule has 1 aromatic rings. The van der Waals surface area contributed by atoms with Gasteiger partial charge in [-0.3, -0.25) is 4.79 Å². The molecule has 0 unspecified atom stereocenters. The van der Waals surface area contributed by atoms with Crippen LogP contribution in [0.15, 0.2) is 18.2 Å². The fraction of sp³-hybridized carbons (Fsp3) is 0.579. The monoisotopic (exact) mass is 409 g/mol. The van der Waals surface area contributed by atoms with Crippen LogP contribution in [-0.2, 0) is 18.9 Å². The van der Waals surface area contributed by atoms with E-state index in [1.165, 1.54) is 14.2 Å². The molecule has 2 amide bonds. The Morgan fingerprint density at radius 3 is 2.48 bits per heavy atom. The predicted molar refractivity (Wildman–Crippen MR) is 95.6 cm³/mol.